The fraction of sp³-hybridized carbons (Fsp3) is 0.435. The molecule has 0 aromatic heterocycles. The van der Waals surface area contributed by atoms with Crippen LogP contribution in [0.15, 0.2) is 42.5 Å². The summed E-state index contributed by atoms with van der Waals surface area (Å²) in [5.41, 5.74) is 5.63. The van der Waals surface area contributed by atoms with Gasteiger partial charge in [-0.2, -0.15) is 0 Å². The Labute approximate surface area is 172 Å². The molecule has 0 bridgehead atoms. The molecule has 1 N–H and O–H groups in total. The van der Waals surface area contributed by atoms with Crippen molar-refractivity contribution in [1.82, 2.24) is 5.32 Å². The lowest BCUT2D eigenvalue weighted by atomic mass is 9.94. The van der Waals surface area contributed by atoms with Gasteiger partial charge in [-0.15, -0.1) is 0 Å². The predicted octanol–water partition coefficient (Wildman–Crippen LogP) is 4.50. The number of hydrogen-bond donors (Lipinski definition) is 1. The number of hydrogen-bond acceptors (Lipinski definition) is 3. The summed E-state index contributed by atoms with van der Waals surface area (Å²) in [7, 11) is 0. The number of benzene rings is 2. The van der Waals surface area contributed by atoms with Gasteiger partial charge in [-0.1, -0.05) is 66.9 Å². The zero-order chi connectivity index (χ0) is 21.3. The molecule has 0 aliphatic carbocycles. The molecule has 0 spiro atoms. The molecule has 1 unspecified atom stereocenters. The van der Waals surface area contributed by atoms with Gasteiger partial charge in [0, 0.05) is 16.9 Å². The molecule has 2 aromatic carbocycles. The lowest BCUT2D eigenvalue weighted by Gasteiger charge is -2.15. The molecule has 28 heavy (non-hydrogen) atoms. The molecule has 0 fully saturated rings. The number of nitrogens with one attached hydrogen (secondary N) is 1. The summed E-state index contributed by atoms with van der Waals surface area (Å²) in [6, 6.07) is 14.8. The van der Waals surface area contributed by atoms with Crippen molar-refractivity contribution in [3.05, 3.63) is 70.3 Å². The average molecular weight is 403 g/mol. The van der Waals surface area contributed by atoms with Crippen molar-refractivity contribution in [2.45, 2.75) is 65.7 Å². The van der Waals surface area contributed by atoms with Crippen LogP contribution in [0.3, 0.4) is 0 Å². The molecule has 2 rings (SSSR count). The van der Waals surface area contributed by atoms with Gasteiger partial charge in [0.2, 0.25) is 0 Å². The van der Waals surface area contributed by atoms with Gasteiger partial charge in [0.15, 0.2) is 0 Å². The minimum Gasteiger partial charge on any atom is -0.772 e. The van der Waals surface area contributed by atoms with Gasteiger partial charge in [0.25, 0.3) is 5.91 Å². The average Bonchev–Trinajstić information content (AvgIpc) is 2.62. The van der Waals surface area contributed by atoms with Crippen molar-refractivity contribution in [2.24, 2.45) is 0 Å². The molecular formula is C23H32NO3S-. The summed E-state index contributed by atoms with van der Waals surface area (Å²) in [5, 5.41) is 2.76. The highest BCUT2D eigenvalue weighted by Crippen LogP contribution is 2.19. The lowest BCUT2D eigenvalue weighted by molar-refractivity contribution is 0.0942. The highest BCUT2D eigenvalue weighted by molar-refractivity contribution is 7.79. The van der Waals surface area contributed by atoms with E-state index in [0.29, 0.717) is 0 Å². The highest BCUT2D eigenvalue weighted by Gasteiger charge is 2.13. The molecule has 0 aliphatic heterocycles. The summed E-state index contributed by atoms with van der Waals surface area (Å²) in [6.07, 6.45) is 1.95. The third-order valence-electron chi connectivity index (χ3n) is 4.23. The molecule has 0 heterocycles. The van der Waals surface area contributed by atoms with Crippen molar-refractivity contribution in [1.29, 1.82) is 0 Å². The Hall–Kier alpha value is -1.98. The van der Waals surface area contributed by atoms with Crippen molar-refractivity contribution in [3.8, 4) is 0 Å². The van der Waals surface area contributed by atoms with Crippen LogP contribution < -0.4 is 5.32 Å². The van der Waals surface area contributed by atoms with Gasteiger partial charge in [-0.05, 0) is 63.3 Å². The molecule has 0 saturated carbocycles. The second kappa shape index (κ2) is 11.8. The molecule has 4 nitrogen and oxygen atoms in total. The summed E-state index contributed by atoms with van der Waals surface area (Å²) in [6.45, 7) is 11.3. The molecule has 0 aliphatic rings. The van der Waals surface area contributed by atoms with Crippen LogP contribution in [-0.2, 0) is 23.9 Å². The number of amides is 1. The third-order valence-corrected chi connectivity index (χ3v) is 5.00. The molecule has 154 valence electrons. The second-order valence-electron chi connectivity index (χ2n) is 7.52. The Morgan fingerprint density at radius 2 is 1.61 bits per heavy atom. The van der Waals surface area contributed by atoms with Crippen LogP contribution in [0.2, 0.25) is 0 Å². The minimum absolute atomic E-state index is 0.0251. The van der Waals surface area contributed by atoms with E-state index in [1.54, 1.807) is 13.8 Å². The first-order chi connectivity index (χ1) is 13.1. The highest BCUT2D eigenvalue weighted by atomic mass is 32.2. The summed E-state index contributed by atoms with van der Waals surface area (Å²) < 4.78 is 19.4. The molecule has 5 heteroatoms. The first-order valence-corrected chi connectivity index (χ1v) is 10.8. The molecular weight excluding hydrogens is 370 g/mol. The predicted molar refractivity (Wildman–Crippen MR) is 116 cm³/mol. The van der Waals surface area contributed by atoms with Crippen molar-refractivity contribution in [3.63, 3.8) is 0 Å². The van der Waals surface area contributed by atoms with E-state index < -0.39 is 11.1 Å². The Kier molecular flexibility index (Phi) is 10.1. The van der Waals surface area contributed by atoms with Crippen LogP contribution in [0.5, 0.6) is 0 Å². The summed E-state index contributed by atoms with van der Waals surface area (Å²) in [4.78, 5) is 12.3. The van der Waals surface area contributed by atoms with Gasteiger partial charge < -0.3 is 9.87 Å². The van der Waals surface area contributed by atoms with Crippen LogP contribution in [0, 0.1) is 13.8 Å². The Morgan fingerprint density at radius 3 is 2.11 bits per heavy atom. The summed E-state index contributed by atoms with van der Waals surface area (Å²) >= 11 is -1.87. The quantitative estimate of drug-likeness (QED) is 0.723. The fourth-order valence-electron chi connectivity index (χ4n) is 2.69. The number of rotatable bonds is 6. The van der Waals surface area contributed by atoms with E-state index in [2.05, 4.69) is 49.5 Å². The number of carbonyl (C=O) groups excluding carboxylic acids is 1. The largest absolute Gasteiger partial charge is 0.772 e. The minimum atomic E-state index is -1.87. The maximum absolute atomic E-state index is 12.3. The Morgan fingerprint density at radius 1 is 1.04 bits per heavy atom. The maximum Gasteiger partial charge on any atom is 0.251 e. The summed E-state index contributed by atoms with van der Waals surface area (Å²) in [5.74, 6) is 0.0251. The van der Waals surface area contributed by atoms with E-state index in [1.807, 2.05) is 26.0 Å². The van der Waals surface area contributed by atoms with Crippen LogP contribution in [-0.4, -0.2) is 26.0 Å². The smallest absolute Gasteiger partial charge is 0.251 e. The third kappa shape index (κ3) is 8.36. The van der Waals surface area contributed by atoms with Crippen LogP contribution in [0.1, 0.15) is 60.3 Å². The zero-order valence-electron chi connectivity index (χ0n) is 17.7. The van der Waals surface area contributed by atoms with E-state index in [1.165, 1.54) is 11.1 Å². The maximum atomic E-state index is 12.3. The van der Waals surface area contributed by atoms with E-state index >= 15 is 0 Å². The van der Waals surface area contributed by atoms with Gasteiger partial charge >= 0.3 is 0 Å². The van der Waals surface area contributed by atoms with Crippen molar-refractivity contribution >= 4 is 17.0 Å². The first-order valence-electron chi connectivity index (χ1n) is 9.64. The molecule has 0 radical (unpaired) electrons. The van der Waals surface area contributed by atoms with E-state index in [9.17, 15) is 13.6 Å². The number of aryl methyl sites for hydroxylation is 3. The van der Waals surface area contributed by atoms with E-state index in [4.69, 9.17) is 0 Å². The van der Waals surface area contributed by atoms with Crippen molar-refractivity contribution < 1.29 is 13.6 Å². The number of carbonyl (C=O) groups is 1. The Bertz CT molecular complexity index is 786. The van der Waals surface area contributed by atoms with Crippen molar-refractivity contribution in [2.75, 3.05) is 0 Å². The van der Waals surface area contributed by atoms with Crippen LogP contribution in [0.4, 0.5) is 0 Å². The zero-order valence-corrected chi connectivity index (χ0v) is 18.6. The van der Waals surface area contributed by atoms with E-state index in [-0.39, 0.29) is 17.2 Å². The van der Waals surface area contributed by atoms with E-state index in [0.717, 1.165) is 29.5 Å². The fourth-order valence-corrected chi connectivity index (χ4v) is 2.69. The van der Waals surface area contributed by atoms with Gasteiger partial charge in [0.05, 0.1) is 0 Å². The molecule has 1 amide bonds. The molecule has 0 saturated heterocycles. The Balaban J connectivity index is 0.000000568. The molecule has 1 atom stereocenters. The van der Waals surface area contributed by atoms with Gasteiger partial charge in [-0.3, -0.25) is 9.00 Å². The normalized spacial score (nSPS) is 11.8. The van der Waals surface area contributed by atoms with Gasteiger partial charge in [0.1, 0.15) is 0 Å². The lowest BCUT2D eigenvalue weighted by Crippen LogP contribution is -2.30. The van der Waals surface area contributed by atoms with Gasteiger partial charge in [-0.25, -0.2) is 0 Å². The van der Waals surface area contributed by atoms with Crippen LogP contribution >= 0.6 is 0 Å². The SMILES string of the molecule is CC(C)S(=O)[O-].Cc1cc(CCc2ccccc2)c(C)c(C(=O)NC(C)C)c1. The molecule has 2 aromatic rings. The van der Waals surface area contributed by atoms with Crippen LogP contribution in [0.25, 0.3) is 0 Å². The monoisotopic (exact) mass is 402 g/mol. The standard InChI is InChI=1S/C20H25NO.C3H8O2S/c1-14(2)21-20(22)19-13-15(3)12-18(16(19)4)11-10-17-8-6-5-7-9-17;1-3(2)6(4)5/h5-9,12-14H,10-11H2,1-4H3,(H,21,22);3H,1-2H3,(H,4,5)/p-1. The second-order valence-corrected chi connectivity index (χ2v) is 8.98. The first kappa shape index (κ1) is 24.1. The topological polar surface area (TPSA) is 69.2 Å².